The van der Waals surface area contributed by atoms with Gasteiger partial charge >= 0.3 is 0 Å². The molecule has 1 aliphatic carbocycles. The smallest absolute Gasteiger partial charge is 0.190 e. The lowest BCUT2D eigenvalue weighted by atomic mass is 10.0. The molecule has 3 nitrogen and oxygen atoms in total. The molecule has 1 aromatic rings. The summed E-state index contributed by atoms with van der Waals surface area (Å²) in [5.74, 6) is 0.954. The lowest BCUT2D eigenvalue weighted by molar-refractivity contribution is 0.515. The molecule has 0 aromatic carbocycles. The molecule has 0 radical (unpaired) electrons. The van der Waals surface area contributed by atoms with E-state index in [0.717, 1.165) is 27.8 Å². The van der Waals surface area contributed by atoms with E-state index in [4.69, 9.17) is 0 Å². The van der Waals surface area contributed by atoms with Crippen molar-refractivity contribution in [2.45, 2.75) is 54.5 Å². The average molecular weight is 283 g/mol. The van der Waals surface area contributed by atoms with E-state index in [-0.39, 0.29) is 0 Å². The lowest BCUT2D eigenvalue weighted by Crippen LogP contribution is -2.09. The molecular formula is C13H21N3S2. The topological polar surface area (TPSA) is 37.8 Å². The van der Waals surface area contributed by atoms with Gasteiger partial charge < -0.3 is 5.32 Å². The molecule has 0 aliphatic heterocycles. The van der Waals surface area contributed by atoms with Crippen molar-refractivity contribution in [2.24, 2.45) is 0 Å². The molecule has 1 aliphatic rings. The summed E-state index contributed by atoms with van der Waals surface area (Å²) in [5.41, 5.74) is 0. The third-order valence-electron chi connectivity index (χ3n) is 3.06. The fraction of sp³-hybridized carbons (Fsp3) is 0.692. The first kappa shape index (κ1) is 14.0. The second-order valence-corrected chi connectivity index (χ2v) is 6.58. The van der Waals surface area contributed by atoms with Crippen LogP contribution in [0.3, 0.4) is 0 Å². The van der Waals surface area contributed by atoms with Gasteiger partial charge in [0.1, 0.15) is 10.8 Å². The number of aromatic nitrogens is 2. The van der Waals surface area contributed by atoms with E-state index in [2.05, 4.69) is 28.3 Å². The number of hydrogen-bond donors (Lipinski definition) is 1. The van der Waals surface area contributed by atoms with Crippen LogP contribution in [0.4, 0.5) is 5.82 Å². The molecule has 100 valence electrons. The summed E-state index contributed by atoms with van der Waals surface area (Å²) in [6.45, 7) is 2.99. The van der Waals surface area contributed by atoms with Gasteiger partial charge in [-0.15, -0.1) is 11.8 Å². The number of rotatable bonds is 5. The second kappa shape index (κ2) is 7.24. The zero-order valence-electron chi connectivity index (χ0n) is 11.1. The molecule has 0 atom stereocenters. The molecule has 1 saturated carbocycles. The van der Waals surface area contributed by atoms with Crippen molar-refractivity contribution < 1.29 is 0 Å². The monoisotopic (exact) mass is 283 g/mol. The number of hydrogen-bond acceptors (Lipinski definition) is 5. The van der Waals surface area contributed by atoms with Crippen molar-refractivity contribution in [3.8, 4) is 0 Å². The van der Waals surface area contributed by atoms with Crippen LogP contribution in [0.2, 0.25) is 0 Å². The quantitative estimate of drug-likeness (QED) is 0.501. The molecule has 0 amide bonds. The van der Waals surface area contributed by atoms with Crippen molar-refractivity contribution in [2.75, 3.05) is 18.1 Å². The highest BCUT2D eigenvalue weighted by molar-refractivity contribution is 8.00. The van der Waals surface area contributed by atoms with Crippen molar-refractivity contribution >= 4 is 29.3 Å². The largest absolute Gasteiger partial charge is 0.370 e. The van der Waals surface area contributed by atoms with Gasteiger partial charge in [-0.05, 0) is 26.0 Å². The highest BCUT2D eigenvalue weighted by atomic mass is 32.2. The first-order valence-electron chi connectivity index (χ1n) is 6.65. The SMILES string of the molecule is CCNc1cc(SC2CCCCC2)nc(SC)n1. The molecule has 2 rings (SSSR count). The van der Waals surface area contributed by atoms with Gasteiger partial charge in [-0.2, -0.15) is 0 Å². The number of nitrogens with one attached hydrogen (secondary N) is 1. The summed E-state index contributed by atoms with van der Waals surface area (Å²) in [6, 6.07) is 2.09. The first-order valence-corrected chi connectivity index (χ1v) is 8.76. The predicted molar refractivity (Wildman–Crippen MR) is 80.7 cm³/mol. The van der Waals surface area contributed by atoms with E-state index < -0.39 is 0 Å². The maximum Gasteiger partial charge on any atom is 0.190 e. The van der Waals surface area contributed by atoms with Gasteiger partial charge in [0.2, 0.25) is 0 Å². The Morgan fingerprint density at radius 3 is 2.72 bits per heavy atom. The van der Waals surface area contributed by atoms with Crippen molar-refractivity contribution in [1.29, 1.82) is 0 Å². The Morgan fingerprint density at radius 2 is 2.06 bits per heavy atom. The van der Waals surface area contributed by atoms with Crippen LogP contribution < -0.4 is 5.32 Å². The van der Waals surface area contributed by atoms with E-state index in [9.17, 15) is 0 Å². The van der Waals surface area contributed by atoms with Crippen molar-refractivity contribution in [3.63, 3.8) is 0 Å². The molecule has 0 spiro atoms. The van der Waals surface area contributed by atoms with Crippen molar-refractivity contribution in [3.05, 3.63) is 6.07 Å². The maximum atomic E-state index is 4.60. The summed E-state index contributed by atoms with van der Waals surface area (Å²) in [6.07, 6.45) is 8.84. The van der Waals surface area contributed by atoms with Gasteiger partial charge in [0.25, 0.3) is 0 Å². The van der Waals surface area contributed by atoms with E-state index in [1.807, 2.05) is 18.0 Å². The van der Waals surface area contributed by atoms with Crippen LogP contribution in [0.15, 0.2) is 16.2 Å². The van der Waals surface area contributed by atoms with Crippen molar-refractivity contribution in [1.82, 2.24) is 9.97 Å². The Balaban J connectivity index is 2.07. The second-order valence-electron chi connectivity index (χ2n) is 4.49. The highest BCUT2D eigenvalue weighted by Crippen LogP contribution is 2.33. The van der Waals surface area contributed by atoms with Gasteiger partial charge in [-0.1, -0.05) is 31.0 Å². The third kappa shape index (κ3) is 4.05. The summed E-state index contributed by atoms with van der Waals surface area (Å²) >= 11 is 3.54. The summed E-state index contributed by atoms with van der Waals surface area (Å²) in [4.78, 5) is 9.07. The van der Waals surface area contributed by atoms with E-state index in [0.29, 0.717) is 0 Å². The zero-order valence-corrected chi connectivity index (χ0v) is 12.7. The molecular weight excluding hydrogens is 262 g/mol. The molecule has 0 unspecified atom stereocenters. The molecule has 5 heteroatoms. The average Bonchev–Trinajstić information content (AvgIpc) is 2.40. The maximum absolute atomic E-state index is 4.60. The summed E-state index contributed by atoms with van der Waals surface area (Å²) in [7, 11) is 0. The van der Waals surface area contributed by atoms with Crippen LogP contribution in [0.25, 0.3) is 0 Å². The van der Waals surface area contributed by atoms with Gasteiger partial charge in [-0.3, -0.25) is 0 Å². The van der Waals surface area contributed by atoms with Gasteiger partial charge in [0.15, 0.2) is 5.16 Å². The molecule has 0 saturated heterocycles. The Kier molecular flexibility index (Phi) is 5.63. The van der Waals surface area contributed by atoms with Crippen LogP contribution >= 0.6 is 23.5 Å². The highest BCUT2D eigenvalue weighted by Gasteiger charge is 2.16. The standard InChI is InChI=1S/C13H21N3S2/c1-3-14-11-9-12(16-13(15-11)17-2)18-10-7-5-4-6-8-10/h9-10H,3-8H2,1-2H3,(H,14,15,16). The van der Waals surface area contributed by atoms with E-state index >= 15 is 0 Å². The van der Waals surface area contributed by atoms with Gasteiger partial charge in [0.05, 0.1) is 0 Å². The van der Waals surface area contributed by atoms with Crippen LogP contribution in [0.1, 0.15) is 39.0 Å². The predicted octanol–water partition coefficient (Wildman–Crippen LogP) is 4.06. The minimum absolute atomic E-state index is 0.748. The van der Waals surface area contributed by atoms with Gasteiger partial charge in [-0.25, -0.2) is 9.97 Å². The third-order valence-corrected chi connectivity index (χ3v) is 4.87. The number of thioether (sulfide) groups is 2. The molecule has 1 heterocycles. The van der Waals surface area contributed by atoms with E-state index in [1.165, 1.54) is 32.1 Å². The molecule has 1 aromatic heterocycles. The molecule has 0 bridgehead atoms. The van der Waals surface area contributed by atoms with Gasteiger partial charge in [0, 0.05) is 17.9 Å². The zero-order chi connectivity index (χ0) is 12.8. The Hall–Kier alpha value is -0.420. The van der Waals surface area contributed by atoms with Crippen LogP contribution in [-0.4, -0.2) is 28.0 Å². The normalized spacial score (nSPS) is 16.8. The minimum Gasteiger partial charge on any atom is -0.370 e. The fourth-order valence-corrected chi connectivity index (χ4v) is 3.85. The lowest BCUT2D eigenvalue weighted by Gasteiger charge is -2.20. The summed E-state index contributed by atoms with van der Waals surface area (Å²) < 4.78 is 0. The first-order chi connectivity index (χ1) is 8.81. The Morgan fingerprint density at radius 1 is 1.28 bits per heavy atom. The molecule has 1 fully saturated rings. The van der Waals surface area contributed by atoms with Crippen LogP contribution in [0, 0.1) is 0 Å². The fourth-order valence-electron chi connectivity index (χ4n) is 2.18. The molecule has 18 heavy (non-hydrogen) atoms. The molecule has 1 N–H and O–H groups in total. The Bertz CT molecular complexity index is 378. The Labute approximate surface area is 118 Å². The van der Waals surface area contributed by atoms with E-state index in [1.54, 1.807) is 11.8 Å². The minimum atomic E-state index is 0.748. The summed E-state index contributed by atoms with van der Waals surface area (Å²) in [5, 5.41) is 6.02. The van der Waals surface area contributed by atoms with Crippen LogP contribution in [-0.2, 0) is 0 Å². The number of anilines is 1. The van der Waals surface area contributed by atoms with Crippen LogP contribution in [0.5, 0.6) is 0 Å². The number of nitrogens with zero attached hydrogens (tertiary/aromatic N) is 2.